The number of fused-ring (bicyclic) bond motifs is 5. The molecule has 0 radical (unpaired) electrons. The van der Waals surface area contributed by atoms with Gasteiger partial charge in [0.25, 0.3) is 0 Å². The molecule has 0 aromatic heterocycles. The molecule has 0 amide bonds. The molecule has 30 heavy (non-hydrogen) atoms. The van der Waals surface area contributed by atoms with Gasteiger partial charge in [-0.3, -0.25) is 9.80 Å². The van der Waals surface area contributed by atoms with Crippen molar-refractivity contribution in [2.24, 2.45) is 40.2 Å². The Morgan fingerprint density at radius 2 is 1.87 bits per heavy atom. The molecular weight excluding hydrogens is 374 g/mol. The molecule has 0 spiro atoms. The summed E-state index contributed by atoms with van der Waals surface area (Å²) < 4.78 is 5.88. The first-order chi connectivity index (χ1) is 14.3. The summed E-state index contributed by atoms with van der Waals surface area (Å²) in [5.41, 5.74) is 8.06. The van der Waals surface area contributed by atoms with E-state index >= 15 is 0 Å². The number of hydrogen-bond acceptors (Lipinski definition) is 5. The van der Waals surface area contributed by atoms with Crippen LogP contribution in [-0.2, 0) is 9.53 Å². The van der Waals surface area contributed by atoms with Crippen LogP contribution in [0.1, 0.15) is 79.6 Å². The highest BCUT2D eigenvalue weighted by Gasteiger charge is 2.59. The quantitative estimate of drug-likeness (QED) is 0.498. The van der Waals surface area contributed by atoms with Gasteiger partial charge in [0.05, 0.1) is 12.4 Å². The van der Waals surface area contributed by atoms with Crippen molar-refractivity contribution in [1.82, 2.24) is 5.01 Å². The number of rotatable bonds is 4. The smallest absolute Gasteiger partial charge is 0.139 e. The van der Waals surface area contributed by atoms with Gasteiger partial charge in [-0.05, 0) is 73.8 Å². The van der Waals surface area contributed by atoms with E-state index in [9.17, 15) is 4.79 Å². The lowest BCUT2D eigenvalue weighted by atomic mass is 9.48. The molecule has 0 aromatic carbocycles. The van der Waals surface area contributed by atoms with Gasteiger partial charge in [-0.2, -0.15) is 0 Å². The largest absolute Gasteiger partial charge is 0.498 e. The minimum atomic E-state index is -0.135. The number of ketones is 1. The Bertz CT molecular complexity index is 755. The molecule has 2 fully saturated rings. The third-order valence-electron chi connectivity index (χ3n) is 8.40. The first-order valence-corrected chi connectivity index (χ1v) is 11.9. The van der Waals surface area contributed by atoms with Gasteiger partial charge in [0, 0.05) is 36.4 Å². The van der Waals surface area contributed by atoms with E-state index in [-0.39, 0.29) is 10.8 Å². The van der Waals surface area contributed by atoms with Crippen LogP contribution in [0.15, 0.2) is 35.5 Å². The van der Waals surface area contributed by atoms with Crippen LogP contribution in [0, 0.1) is 28.6 Å². The molecule has 0 heterocycles. The van der Waals surface area contributed by atoms with E-state index in [0.29, 0.717) is 30.1 Å². The summed E-state index contributed by atoms with van der Waals surface area (Å²) in [7, 11) is 0. The molecule has 0 aliphatic heterocycles. The normalized spacial score (nSPS) is 37.6. The van der Waals surface area contributed by atoms with E-state index in [1.54, 1.807) is 11.2 Å². The average molecular weight is 416 g/mol. The van der Waals surface area contributed by atoms with E-state index in [1.807, 2.05) is 20.8 Å². The van der Waals surface area contributed by atoms with Crippen LogP contribution in [-0.4, -0.2) is 17.4 Å². The summed E-state index contributed by atoms with van der Waals surface area (Å²) in [6.45, 7) is 11.4. The zero-order chi connectivity index (χ0) is 22.1. The Morgan fingerprint density at radius 3 is 2.53 bits per heavy atom. The van der Waals surface area contributed by atoms with Gasteiger partial charge in [-0.15, -0.1) is 0 Å². The molecule has 4 N–H and O–H groups in total. The van der Waals surface area contributed by atoms with Crippen LogP contribution >= 0.6 is 0 Å². The minimum Gasteiger partial charge on any atom is -0.498 e. The van der Waals surface area contributed by atoms with Crippen LogP contribution in [0.2, 0.25) is 0 Å². The van der Waals surface area contributed by atoms with E-state index in [0.717, 1.165) is 56.4 Å². The maximum atomic E-state index is 12.7. The SMILES string of the molecule is CC.CCOC1=CC2=C(N(N)/C=C\N)CC3C4CCC(=O)C4(C)CCC3C2(C)CC1. The second-order valence-corrected chi connectivity index (χ2v) is 9.57. The van der Waals surface area contributed by atoms with Crippen LogP contribution in [0.3, 0.4) is 0 Å². The van der Waals surface area contributed by atoms with Gasteiger partial charge in [-0.1, -0.05) is 27.7 Å². The summed E-state index contributed by atoms with van der Waals surface area (Å²) in [6, 6.07) is 0. The van der Waals surface area contributed by atoms with E-state index in [2.05, 4.69) is 19.9 Å². The number of nitrogens with two attached hydrogens (primary N) is 2. The second kappa shape index (κ2) is 8.78. The fourth-order valence-corrected chi connectivity index (χ4v) is 6.91. The summed E-state index contributed by atoms with van der Waals surface area (Å²) in [5.74, 6) is 9.56. The molecule has 4 rings (SSSR count). The van der Waals surface area contributed by atoms with Gasteiger partial charge >= 0.3 is 0 Å². The predicted molar refractivity (Wildman–Crippen MR) is 121 cm³/mol. The average Bonchev–Trinajstić information content (AvgIpc) is 3.04. The molecule has 4 aliphatic carbocycles. The number of carbonyl (C=O) groups excluding carboxylic acids is 1. The number of hydrogen-bond donors (Lipinski definition) is 2. The van der Waals surface area contributed by atoms with E-state index < -0.39 is 0 Å². The molecule has 5 nitrogen and oxygen atoms in total. The molecule has 2 saturated carbocycles. The van der Waals surface area contributed by atoms with Crippen molar-refractivity contribution in [2.45, 2.75) is 79.6 Å². The number of allylic oxidation sites excluding steroid dienone is 4. The number of carbonyl (C=O) groups is 1. The third-order valence-corrected chi connectivity index (χ3v) is 8.40. The first-order valence-electron chi connectivity index (χ1n) is 11.9. The monoisotopic (exact) mass is 415 g/mol. The molecule has 0 saturated heterocycles. The summed E-state index contributed by atoms with van der Waals surface area (Å²) in [5, 5.41) is 1.71. The lowest BCUT2D eigenvalue weighted by Crippen LogP contribution is -2.51. The fourth-order valence-electron chi connectivity index (χ4n) is 6.91. The predicted octanol–water partition coefficient (Wildman–Crippen LogP) is 5.01. The van der Waals surface area contributed by atoms with Crippen molar-refractivity contribution in [3.8, 4) is 0 Å². The maximum Gasteiger partial charge on any atom is 0.139 e. The Labute approximate surface area is 182 Å². The third kappa shape index (κ3) is 3.49. The highest BCUT2D eigenvalue weighted by molar-refractivity contribution is 5.87. The molecule has 4 aliphatic rings. The Balaban J connectivity index is 0.00000124. The number of Topliss-reactive ketones (excluding diaryl/α,β-unsaturated/α-hetero) is 1. The molecule has 0 bridgehead atoms. The van der Waals surface area contributed by atoms with Crippen molar-refractivity contribution in [3.05, 3.63) is 35.5 Å². The second-order valence-electron chi connectivity index (χ2n) is 9.57. The van der Waals surface area contributed by atoms with Crippen molar-refractivity contribution >= 4 is 5.78 Å². The van der Waals surface area contributed by atoms with Gasteiger partial charge in [0.1, 0.15) is 5.78 Å². The van der Waals surface area contributed by atoms with Crippen LogP contribution in [0.25, 0.3) is 0 Å². The topological polar surface area (TPSA) is 81.6 Å². The molecule has 5 unspecified atom stereocenters. The Kier molecular flexibility index (Phi) is 6.71. The molecule has 0 aromatic rings. The number of nitrogens with zero attached hydrogens (tertiary/aromatic N) is 1. The number of hydrazine groups is 1. The standard InChI is InChI=1S/C23H35N3O2.C2H6/c1-4-28-15-7-9-22(2)18-8-10-23(3)17(5-6-21(23)27)16(18)14-20(19(22)13-15)26(25)12-11-24;1-2/h11-13,16-18H,4-10,14,24-25H2,1-3H3;1-2H3/b12-11-;. The molecule has 5 atom stereocenters. The number of ether oxygens (including phenoxy) is 1. The lowest BCUT2D eigenvalue weighted by molar-refractivity contribution is -0.131. The molecule has 168 valence electrons. The maximum absolute atomic E-state index is 12.7. The summed E-state index contributed by atoms with van der Waals surface area (Å²) in [4.78, 5) is 12.7. The Morgan fingerprint density at radius 1 is 1.17 bits per heavy atom. The summed E-state index contributed by atoms with van der Waals surface area (Å²) >= 11 is 0. The van der Waals surface area contributed by atoms with Crippen molar-refractivity contribution < 1.29 is 9.53 Å². The van der Waals surface area contributed by atoms with Gasteiger partial charge < -0.3 is 10.5 Å². The highest BCUT2D eigenvalue weighted by Crippen LogP contribution is 2.65. The Hall–Kier alpha value is -1.75. The first kappa shape index (κ1) is 22.9. The lowest BCUT2D eigenvalue weighted by Gasteiger charge is -2.57. The zero-order valence-corrected chi connectivity index (χ0v) is 19.5. The van der Waals surface area contributed by atoms with E-state index in [4.69, 9.17) is 16.3 Å². The highest BCUT2D eigenvalue weighted by atomic mass is 16.5. The zero-order valence-electron chi connectivity index (χ0n) is 19.5. The van der Waals surface area contributed by atoms with E-state index in [1.165, 1.54) is 11.8 Å². The fraction of sp³-hybridized carbons (Fsp3) is 0.720. The van der Waals surface area contributed by atoms with Gasteiger partial charge in [0.15, 0.2) is 0 Å². The van der Waals surface area contributed by atoms with Gasteiger partial charge in [0.2, 0.25) is 0 Å². The molecular formula is C25H41N3O2. The molecule has 5 heteroatoms. The van der Waals surface area contributed by atoms with Crippen molar-refractivity contribution in [1.29, 1.82) is 0 Å². The van der Waals surface area contributed by atoms with Gasteiger partial charge in [-0.25, -0.2) is 5.84 Å². The van der Waals surface area contributed by atoms with Crippen molar-refractivity contribution in [3.63, 3.8) is 0 Å². The van der Waals surface area contributed by atoms with Crippen molar-refractivity contribution in [2.75, 3.05) is 6.61 Å². The van der Waals surface area contributed by atoms with Crippen LogP contribution in [0.5, 0.6) is 0 Å². The summed E-state index contributed by atoms with van der Waals surface area (Å²) in [6.07, 6.45) is 12.4. The minimum absolute atomic E-state index is 0.0753. The van der Waals surface area contributed by atoms with Crippen LogP contribution in [0.4, 0.5) is 0 Å². The van der Waals surface area contributed by atoms with Crippen LogP contribution < -0.4 is 11.6 Å².